The third-order valence-electron chi connectivity index (χ3n) is 5.85. The number of hydrogen-bond donors (Lipinski definition) is 0. The number of methoxy groups -OCH3 is 1. The van der Waals surface area contributed by atoms with E-state index < -0.39 is 0 Å². The number of fused-ring (bicyclic) bond motifs is 1. The van der Waals surface area contributed by atoms with Crippen molar-refractivity contribution < 1.29 is 14.3 Å². The highest BCUT2D eigenvalue weighted by Gasteiger charge is 2.53. The third-order valence-corrected chi connectivity index (χ3v) is 5.85. The van der Waals surface area contributed by atoms with Gasteiger partial charge in [0.05, 0.1) is 18.6 Å². The molecular formula is C18H32N2O3. The lowest BCUT2D eigenvalue weighted by Crippen LogP contribution is -2.43. The van der Waals surface area contributed by atoms with Gasteiger partial charge in [0, 0.05) is 45.8 Å². The molecule has 5 heteroatoms. The van der Waals surface area contributed by atoms with E-state index in [0.717, 1.165) is 58.1 Å². The number of carbonyl (C=O) groups excluding carboxylic acids is 1. The Morgan fingerprint density at radius 2 is 2.04 bits per heavy atom. The van der Waals surface area contributed by atoms with Crippen LogP contribution in [0.2, 0.25) is 0 Å². The summed E-state index contributed by atoms with van der Waals surface area (Å²) >= 11 is 0. The molecule has 0 aromatic carbocycles. The van der Waals surface area contributed by atoms with Gasteiger partial charge >= 0.3 is 5.97 Å². The quantitative estimate of drug-likeness (QED) is 0.666. The first kappa shape index (κ1) is 17.2. The van der Waals surface area contributed by atoms with E-state index in [0.29, 0.717) is 12.5 Å². The van der Waals surface area contributed by atoms with E-state index >= 15 is 0 Å². The van der Waals surface area contributed by atoms with Crippen molar-refractivity contribution in [1.82, 2.24) is 9.80 Å². The van der Waals surface area contributed by atoms with Crippen LogP contribution in [0.5, 0.6) is 0 Å². The lowest BCUT2D eigenvalue weighted by molar-refractivity contribution is -0.157. The highest BCUT2D eigenvalue weighted by molar-refractivity contribution is 5.78. The number of ether oxygens (including phenoxy) is 2. The van der Waals surface area contributed by atoms with Crippen LogP contribution in [-0.4, -0.2) is 75.4 Å². The van der Waals surface area contributed by atoms with Gasteiger partial charge in [0.1, 0.15) is 0 Å². The van der Waals surface area contributed by atoms with Crippen LogP contribution >= 0.6 is 0 Å². The standard InChI is InChI=1S/C18H32N2O3/c1-3-23-17(21)18-7-4-8-19(11-15-5-6-15)12-16(18)13-20(14-18)9-10-22-2/h15-16H,3-14H2,1-2H3/t16-,18-/m0/s1. The molecule has 0 radical (unpaired) electrons. The van der Waals surface area contributed by atoms with E-state index in [1.54, 1.807) is 7.11 Å². The normalized spacial score (nSPS) is 32.5. The molecule has 2 saturated heterocycles. The van der Waals surface area contributed by atoms with E-state index in [4.69, 9.17) is 9.47 Å². The molecule has 2 aliphatic heterocycles. The average Bonchev–Trinajstić information content (AvgIpc) is 3.30. The molecule has 0 N–H and O–H groups in total. The maximum atomic E-state index is 12.8. The Balaban J connectivity index is 1.72. The number of rotatable bonds is 7. The number of hydrogen-bond acceptors (Lipinski definition) is 5. The molecule has 1 aliphatic carbocycles. The van der Waals surface area contributed by atoms with Gasteiger partial charge < -0.3 is 14.4 Å². The van der Waals surface area contributed by atoms with Crippen LogP contribution in [0.15, 0.2) is 0 Å². The summed E-state index contributed by atoms with van der Waals surface area (Å²) in [6, 6.07) is 0. The van der Waals surface area contributed by atoms with E-state index in [2.05, 4.69) is 9.80 Å². The number of likely N-dealkylation sites (tertiary alicyclic amines) is 2. The molecule has 0 aromatic rings. The maximum Gasteiger partial charge on any atom is 0.313 e. The molecule has 23 heavy (non-hydrogen) atoms. The van der Waals surface area contributed by atoms with Crippen molar-refractivity contribution in [3.8, 4) is 0 Å². The van der Waals surface area contributed by atoms with Crippen LogP contribution in [-0.2, 0) is 14.3 Å². The van der Waals surface area contributed by atoms with Crippen molar-refractivity contribution in [2.75, 3.05) is 59.6 Å². The Morgan fingerprint density at radius 3 is 2.74 bits per heavy atom. The largest absolute Gasteiger partial charge is 0.466 e. The smallest absolute Gasteiger partial charge is 0.313 e. The Hall–Kier alpha value is -0.650. The fraction of sp³-hybridized carbons (Fsp3) is 0.944. The Bertz CT molecular complexity index is 413. The zero-order valence-electron chi connectivity index (χ0n) is 14.8. The summed E-state index contributed by atoms with van der Waals surface area (Å²) in [4.78, 5) is 17.8. The monoisotopic (exact) mass is 324 g/mol. The minimum atomic E-state index is -0.290. The lowest BCUT2D eigenvalue weighted by Gasteiger charge is -2.31. The van der Waals surface area contributed by atoms with Gasteiger partial charge in [0.25, 0.3) is 0 Å². The van der Waals surface area contributed by atoms with Crippen molar-refractivity contribution >= 4 is 5.97 Å². The van der Waals surface area contributed by atoms with Crippen molar-refractivity contribution in [3.63, 3.8) is 0 Å². The second-order valence-electron chi connectivity index (χ2n) is 7.61. The van der Waals surface area contributed by atoms with Gasteiger partial charge in [-0.1, -0.05) is 0 Å². The highest BCUT2D eigenvalue weighted by Crippen LogP contribution is 2.44. The first-order chi connectivity index (χ1) is 11.2. The first-order valence-corrected chi connectivity index (χ1v) is 9.29. The predicted molar refractivity (Wildman–Crippen MR) is 89.3 cm³/mol. The topological polar surface area (TPSA) is 42.0 Å². The van der Waals surface area contributed by atoms with Crippen LogP contribution in [0, 0.1) is 17.3 Å². The molecule has 0 spiro atoms. The second-order valence-corrected chi connectivity index (χ2v) is 7.61. The van der Waals surface area contributed by atoms with Gasteiger partial charge in [-0.25, -0.2) is 0 Å². The fourth-order valence-electron chi connectivity index (χ4n) is 4.45. The molecule has 5 nitrogen and oxygen atoms in total. The first-order valence-electron chi connectivity index (χ1n) is 9.29. The van der Waals surface area contributed by atoms with Gasteiger partial charge in [-0.2, -0.15) is 0 Å². The second kappa shape index (κ2) is 7.49. The lowest BCUT2D eigenvalue weighted by atomic mass is 9.75. The van der Waals surface area contributed by atoms with Crippen molar-refractivity contribution in [3.05, 3.63) is 0 Å². The summed E-state index contributed by atoms with van der Waals surface area (Å²) in [6.45, 7) is 9.32. The molecule has 3 fully saturated rings. The molecule has 0 aromatic heterocycles. The van der Waals surface area contributed by atoms with Crippen LogP contribution in [0.3, 0.4) is 0 Å². The molecule has 0 bridgehead atoms. The number of esters is 1. The zero-order valence-corrected chi connectivity index (χ0v) is 14.8. The summed E-state index contributed by atoms with van der Waals surface area (Å²) < 4.78 is 10.7. The minimum absolute atomic E-state index is 0.0400. The summed E-state index contributed by atoms with van der Waals surface area (Å²) in [5.41, 5.74) is -0.290. The van der Waals surface area contributed by atoms with Gasteiger partial charge in [-0.15, -0.1) is 0 Å². The van der Waals surface area contributed by atoms with Gasteiger partial charge in [-0.3, -0.25) is 9.69 Å². The van der Waals surface area contributed by atoms with Crippen LogP contribution in [0.25, 0.3) is 0 Å². The highest BCUT2D eigenvalue weighted by atomic mass is 16.5. The summed E-state index contributed by atoms with van der Waals surface area (Å²) in [6.07, 6.45) is 4.87. The minimum Gasteiger partial charge on any atom is -0.466 e. The predicted octanol–water partition coefficient (Wildman–Crippen LogP) is 1.62. The Morgan fingerprint density at radius 1 is 1.26 bits per heavy atom. The zero-order chi connectivity index (χ0) is 16.3. The Kier molecular flexibility index (Phi) is 5.60. The summed E-state index contributed by atoms with van der Waals surface area (Å²) in [7, 11) is 1.74. The van der Waals surface area contributed by atoms with Crippen molar-refractivity contribution in [1.29, 1.82) is 0 Å². The van der Waals surface area contributed by atoms with Crippen LogP contribution < -0.4 is 0 Å². The Labute approximate surface area is 140 Å². The molecule has 2 heterocycles. The molecule has 1 saturated carbocycles. The maximum absolute atomic E-state index is 12.8. The van der Waals surface area contributed by atoms with E-state index in [1.807, 2.05) is 6.92 Å². The van der Waals surface area contributed by atoms with Gasteiger partial charge in [-0.05, 0) is 45.1 Å². The van der Waals surface area contributed by atoms with Gasteiger partial charge in [0.15, 0.2) is 0 Å². The molecule has 2 atom stereocenters. The van der Waals surface area contributed by atoms with Crippen molar-refractivity contribution in [2.45, 2.75) is 32.6 Å². The molecule has 3 rings (SSSR count). The van der Waals surface area contributed by atoms with Crippen molar-refractivity contribution in [2.24, 2.45) is 17.3 Å². The van der Waals surface area contributed by atoms with Crippen LogP contribution in [0.1, 0.15) is 32.6 Å². The average molecular weight is 324 g/mol. The van der Waals surface area contributed by atoms with E-state index in [-0.39, 0.29) is 11.4 Å². The summed E-state index contributed by atoms with van der Waals surface area (Å²) in [5, 5.41) is 0. The molecule has 0 unspecified atom stereocenters. The van der Waals surface area contributed by atoms with E-state index in [9.17, 15) is 4.79 Å². The third kappa shape index (κ3) is 3.89. The molecular weight excluding hydrogens is 292 g/mol. The number of carbonyl (C=O) groups is 1. The SMILES string of the molecule is CCOC(=O)[C@]12CCCN(CC3CC3)C[C@H]1CN(CCOC)C2. The van der Waals surface area contributed by atoms with E-state index in [1.165, 1.54) is 19.4 Å². The molecule has 3 aliphatic rings. The van der Waals surface area contributed by atoms with Gasteiger partial charge in [0.2, 0.25) is 0 Å². The number of nitrogens with zero attached hydrogens (tertiary/aromatic N) is 2. The summed E-state index contributed by atoms with van der Waals surface area (Å²) in [5.74, 6) is 1.36. The molecule has 0 amide bonds. The van der Waals surface area contributed by atoms with Crippen LogP contribution in [0.4, 0.5) is 0 Å². The fourth-order valence-corrected chi connectivity index (χ4v) is 4.45. The molecule has 132 valence electrons.